The highest BCUT2D eigenvalue weighted by atomic mass is 15.2. The van der Waals surface area contributed by atoms with Crippen LogP contribution in [0.4, 0.5) is 5.82 Å². The van der Waals surface area contributed by atoms with Gasteiger partial charge in [0, 0.05) is 24.3 Å². The van der Waals surface area contributed by atoms with Gasteiger partial charge in [0.1, 0.15) is 5.82 Å². The van der Waals surface area contributed by atoms with Gasteiger partial charge in [-0.05, 0) is 39.3 Å². The Labute approximate surface area is 104 Å². The molecule has 0 aliphatic heterocycles. The van der Waals surface area contributed by atoms with Crippen molar-refractivity contribution in [1.82, 2.24) is 4.98 Å². The maximum atomic E-state index is 5.81. The number of anilines is 1. The van der Waals surface area contributed by atoms with E-state index in [4.69, 9.17) is 5.73 Å². The average molecular weight is 233 g/mol. The molecule has 3 heteroatoms. The van der Waals surface area contributed by atoms with Crippen molar-refractivity contribution in [3.05, 3.63) is 36.5 Å². The molecule has 1 rings (SSSR count). The second-order valence-electron chi connectivity index (χ2n) is 5.31. The van der Waals surface area contributed by atoms with Crippen LogP contribution in [-0.4, -0.2) is 17.1 Å². The van der Waals surface area contributed by atoms with E-state index in [2.05, 4.69) is 37.2 Å². The van der Waals surface area contributed by atoms with Crippen LogP contribution in [0.3, 0.4) is 0 Å². The van der Waals surface area contributed by atoms with Gasteiger partial charge in [-0.2, -0.15) is 0 Å². The molecule has 1 aromatic rings. The fraction of sp³-hybridized carbons (Fsp3) is 0.500. The van der Waals surface area contributed by atoms with Gasteiger partial charge in [0.05, 0.1) is 0 Å². The Hall–Kier alpha value is -1.35. The van der Waals surface area contributed by atoms with E-state index in [9.17, 15) is 0 Å². The lowest BCUT2D eigenvalue weighted by atomic mass is 10.1. The number of nitrogens with zero attached hydrogens (tertiary/aromatic N) is 2. The van der Waals surface area contributed by atoms with Gasteiger partial charge in [0.2, 0.25) is 0 Å². The minimum absolute atomic E-state index is 0.0248. The van der Waals surface area contributed by atoms with E-state index < -0.39 is 0 Å². The molecule has 94 valence electrons. The highest BCUT2D eigenvalue weighted by Gasteiger charge is 2.21. The monoisotopic (exact) mass is 233 g/mol. The van der Waals surface area contributed by atoms with Crippen LogP contribution in [0.5, 0.6) is 0 Å². The summed E-state index contributed by atoms with van der Waals surface area (Å²) in [6.07, 6.45) is 3.74. The van der Waals surface area contributed by atoms with Crippen LogP contribution in [0.2, 0.25) is 0 Å². The van der Waals surface area contributed by atoms with Crippen molar-refractivity contribution < 1.29 is 0 Å². The lowest BCUT2D eigenvalue weighted by Crippen LogP contribution is -2.42. The number of hydrogen-bond donors (Lipinski definition) is 1. The molecule has 17 heavy (non-hydrogen) atoms. The molecular formula is C14H23N3. The summed E-state index contributed by atoms with van der Waals surface area (Å²) in [5, 5.41) is 0. The van der Waals surface area contributed by atoms with Crippen LogP contribution in [0.15, 0.2) is 31.0 Å². The summed E-state index contributed by atoms with van der Waals surface area (Å²) in [5.74, 6) is 0.960. The summed E-state index contributed by atoms with van der Waals surface area (Å²) in [6, 6.07) is 4.08. The molecule has 0 bridgehead atoms. The SMILES string of the molecule is C=CCN(c1ccc([C@@H](C)N)cn1)C(C)(C)C. The second-order valence-corrected chi connectivity index (χ2v) is 5.31. The Bertz CT molecular complexity index is 360. The molecule has 0 saturated carbocycles. The van der Waals surface area contributed by atoms with Gasteiger partial charge in [-0.1, -0.05) is 12.1 Å². The van der Waals surface area contributed by atoms with E-state index in [1.54, 1.807) is 0 Å². The maximum absolute atomic E-state index is 5.81. The van der Waals surface area contributed by atoms with Crippen molar-refractivity contribution in [2.24, 2.45) is 5.73 Å². The number of hydrogen-bond acceptors (Lipinski definition) is 3. The number of rotatable bonds is 4. The van der Waals surface area contributed by atoms with Crippen LogP contribution < -0.4 is 10.6 Å². The van der Waals surface area contributed by atoms with Crippen molar-refractivity contribution in [2.45, 2.75) is 39.3 Å². The molecule has 0 radical (unpaired) electrons. The molecule has 1 heterocycles. The smallest absolute Gasteiger partial charge is 0.129 e. The summed E-state index contributed by atoms with van der Waals surface area (Å²) in [7, 11) is 0. The molecule has 3 nitrogen and oxygen atoms in total. The molecule has 0 spiro atoms. The normalized spacial score (nSPS) is 13.2. The zero-order valence-electron chi connectivity index (χ0n) is 11.3. The molecule has 1 aromatic heterocycles. The van der Waals surface area contributed by atoms with Crippen molar-refractivity contribution in [2.75, 3.05) is 11.4 Å². The second kappa shape index (κ2) is 5.32. The number of nitrogens with two attached hydrogens (primary N) is 1. The third-order valence-electron chi connectivity index (χ3n) is 2.69. The summed E-state index contributed by atoms with van der Waals surface area (Å²) in [6.45, 7) is 13.0. The zero-order chi connectivity index (χ0) is 13.1. The summed E-state index contributed by atoms with van der Waals surface area (Å²) in [5.41, 5.74) is 6.90. The van der Waals surface area contributed by atoms with E-state index in [1.165, 1.54) is 0 Å². The van der Waals surface area contributed by atoms with Crippen LogP contribution in [0.25, 0.3) is 0 Å². The Kier molecular flexibility index (Phi) is 4.29. The van der Waals surface area contributed by atoms with Crippen molar-refractivity contribution >= 4 is 5.82 Å². The van der Waals surface area contributed by atoms with Gasteiger partial charge in [0.25, 0.3) is 0 Å². The highest BCUT2D eigenvalue weighted by molar-refractivity contribution is 5.43. The molecule has 2 N–H and O–H groups in total. The van der Waals surface area contributed by atoms with Gasteiger partial charge in [-0.15, -0.1) is 6.58 Å². The van der Waals surface area contributed by atoms with Crippen molar-refractivity contribution in [3.63, 3.8) is 0 Å². The van der Waals surface area contributed by atoms with E-state index in [1.807, 2.05) is 31.3 Å². The van der Waals surface area contributed by atoms with E-state index in [0.29, 0.717) is 0 Å². The molecule has 0 aliphatic carbocycles. The van der Waals surface area contributed by atoms with Crippen LogP contribution >= 0.6 is 0 Å². The lowest BCUT2D eigenvalue weighted by Gasteiger charge is -2.36. The molecule has 1 atom stereocenters. The Morgan fingerprint density at radius 1 is 1.47 bits per heavy atom. The predicted octanol–water partition coefficient (Wildman–Crippen LogP) is 2.89. The topological polar surface area (TPSA) is 42.1 Å². The third kappa shape index (κ3) is 3.56. The molecule has 0 aliphatic rings. The summed E-state index contributed by atoms with van der Waals surface area (Å²) in [4.78, 5) is 6.70. The Morgan fingerprint density at radius 3 is 2.47 bits per heavy atom. The van der Waals surface area contributed by atoms with E-state index in [0.717, 1.165) is 17.9 Å². The fourth-order valence-electron chi connectivity index (χ4n) is 1.67. The van der Waals surface area contributed by atoms with Gasteiger partial charge >= 0.3 is 0 Å². The van der Waals surface area contributed by atoms with E-state index >= 15 is 0 Å². The minimum atomic E-state index is 0.0248. The van der Waals surface area contributed by atoms with Crippen LogP contribution in [0.1, 0.15) is 39.3 Å². The number of pyridine rings is 1. The first-order valence-electron chi connectivity index (χ1n) is 5.96. The standard InChI is InChI=1S/C14H23N3/c1-6-9-17(14(3,4)5)13-8-7-12(10-16-13)11(2)15/h6-8,10-11H,1,9,15H2,2-5H3/t11-/m1/s1. The number of aromatic nitrogens is 1. The van der Waals surface area contributed by atoms with Crippen molar-refractivity contribution in [1.29, 1.82) is 0 Å². The molecule has 0 saturated heterocycles. The maximum Gasteiger partial charge on any atom is 0.129 e. The van der Waals surface area contributed by atoms with Gasteiger partial charge in [-0.25, -0.2) is 4.98 Å². The quantitative estimate of drug-likeness (QED) is 0.813. The van der Waals surface area contributed by atoms with E-state index in [-0.39, 0.29) is 11.6 Å². The summed E-state index contributed by atoms with van der Waals surface area (Å²) >= 11 is 0. The fourth-order valence-corrected chi connectivity index (χ4v) is 1.67. The Balaban J connectivity index is 2.99. The third-order valence-corrected chi connectivity index (χ3v) is 2.69. The summed E-state index contributed by atoms with van der Waals surface area (Å²) < 4.78 is 0. The first kappa shape index (κ1) is 13.7. The zero-order valence-corrected chi connectivity index (χ0v) is 11.3. The average Bonchev–Trinajstić information content (AvgIpc) is 2.24. The lowest BCUT2D eigenvalue weighted by molar-refractivity contribution is 0.517. The highest BCUT2D eigenvalue weighted by Crippen LogP contribution is 2.22. The van der Waals surface area contributed by atoms with Gasteiger partial charge < -0.3 is 10.6 Å². The molecular weight excluding hydrogens is 210 g/mol. The first-order chi connectivity index (χ1) is 7.86. The van der Waals surface area contributed by atoms with Gasteiger partial charge in [-0.3, -0.25) is 0 Å². The molecule has 0 amide bonds. The Morgan fingerprint density at radius 2 is 2.12 bits per heavy atom. The molecule has 0 unspecified atom stereocenters. The largest absolute Gasteiger partial charge is 0.348 e. The van der Waals surface area contributed by atoms with Crippen LogP contribution in [-0.2, 0) is 0 Å². The molecule has 0 aromatic carbocycles. The van der Waals surface area contributed by atoms with Gasteiger partial charge in [0.15, 0.2) is 0 Å². The van der Waals surface area contributed by atoms with Crippen molar-refractivity contribution in [3.8, 4) is 0 Å². The predicted molar refractivity (Wildman–Crippen MR) is 74.1 cm³/mol. The minimum Gasteiger partial charge on any atom is -0.348 e. The molecule has 0 fully saturated rings. The first-order valence-corrected chi connectivity index (χ1v) is 5.96. The van der Waals surface area contributed by atoms with Crippen LogP contribution in [0, 0.1) is 0 Å².